The van der Waals surface area contributed by atoms with E-state index >= 15 is 0 Å². The average molecular weight is 296 g/mol. The van der Waals surface area contributed by atoms with Gasteiger partial charge in [-0.2, -0.15) is 5.10 Å². The largest absolute Gasteiger partial charge is 0.507 e. The number of phenolic OH excluding ortho intramolecular Hbond substituents is 1. The van der Waals surface area contributed by atoms with Crippen LogP contribution in [0, 0.1) is 0 Å². The van der Waals surface area contributed by atoms with E-state index in [2.05, 4.69) is 10.5 Å². The van der Waals surface area contributed by atoms with Crippen LogP contribution in [0.4, 0.5) is 4.79 Å². The highest BCUT2D eigenvalue weighted by Gasteiger charge is 2.15. The summed E-state index contributed by atoms with van der Waals surface area (Å²) in [5.74, 6) is 0.726. The number of hydrazone groups is 1. The number of rotatable bonds is 4. The van der Waals surface area contributed by atoms with Crippen LogP contribution in [-0.2, 0) is 4.74 Å². The van der Waals surface area contributed by atoms with Gasteiger partial charge in [-0.15, -0.1) is 0 Å². The van der Waals surface area contributed by atoms with Gasteiger partial charge in [-0.3, -0.25) is 0 Å². The maximum absolute atomic E-state index is 11.4. The fourth-order valence-electron chi connectivity index (χ4n) is 1.45. The molecule has 7 nitrogen and oxygen atoms in total. The lowest BCUT2D eigenvalue weighted by Gasteiger charge is -2.18. The zero-order valence-electron chi connectivity index (χ0n) is 12.8. The fourth-order valence-corrected chi connectivity index (χ4v) is 1.45. The third kappa shape index (κ3) is 5.21. The van der Waals surface area contributed by atoms with E-state index in [1.165, 1.54) is 26.5 Å². The van der Waals surface area contributed by atoms with Crippen molar-refractivity contribution < 1.29 is 24.1 Å². The van der Waals surface area contributed by atoms with Crippen molar-refractivity contribution in [2.24, 2.45) is 5.10 Å². The van der Waals surface area contributed by atoms with Crippen molar-refractivity contribution in [1.29, 1.82) is 0 Å². The van der Waals surface area contributed by atoms with Crippen LogP contribution in [0.2, 0.25) is 0 Å². The SMILES string of the molecule is COc1cc(O)c(/C=N\NC(=O)OC(C)(C)C)c(OC)c1. The molecule has 0 aliphatic heterocycles. The maximum Gasteiger partial charge on any atom is 0.428 e. The Bertz CT molecular complexity index is 535. The van der Waals surface area contributed by atoms with Gasteiger partial charge in [0.05, 0.1) is 26.0 Å². The molecule has 21 heavy (non-hydrogen) atoms. The second-order valence-electron chi connectivity index (χ2n) is 5.13. The third-order valence-electron chi connectivity index (χ3n) is 2.30. The average Bonchev–Trinajstić information content (AvgIpc) is 2.37. The van der Waals surface area contributed by atoms with Crippen LogP contribution in [0.5, 0.6) is 17.2 Å². The molecule has 2 N–H and O–H groups in total. The van der Waals surface area contributed by atoms with Crippen molar-refractivity contribution in [2.45, 2.75) is 26.4 Å². The van der Waals surface area contributed by atoms with Crippen LogP contribution < -0.4 is 14.9 Å². The minimum atomic E-state index is -0.689. The van der Waals surface area contributed by atoms with Gasteiger partial charge in [0.25, 0.3) is 0 Å². The van der Waals surface area contributed by atoms with Crippen LogP contribution in [-0.4, -0.2) is 37.2 Å². The molecule has 0 spiro atoms. The Labute approximate surface area is 123 Å². The second kappa shape index (κ2) is 6.83. The Balaban J connectivity index is 2.83. The van der Waals surface area contributed by atoms with Crippen molar-refractivity contribution in [3.8, 4) is 17.2 Å². The predicted octanol–water partition coefficient (Wildman–Crippen LogP) is 2.27. The summed E-state index contributed by atoms with van der Waals surface area (Å²) >= 11 is 0. The quantitative estimate of drug-likeness (QED) is 0.657. The molecule has 0 heterocycles. The standard InChI is InChI=1S/C14H20N2O5/c1-14(2,3)21-13(18)16-15-8-10-11(17)6-9(19-4)7-12(10)20-5/h6-8,17H,1-5H3,(H,16,18)/b15-8-. The summed E-state index contributed by atoms with van der Waals surface area (Å²) in [6.45, 7) is 5.23. The lowest BCUT2D eigenvalue weighted by Crippen LogP contribution is -2.29. The summed E-state index contributed by atoms with van der Waals surface area (Å²) < 4.78 is 15.2. The zero-order chi connectivity index (χ0) is 16.0. The predicted molar refractivity (Wildman–Crippen MR) is 78.2 cm³/mol. The fraction of sp³-hybridized carbons (Fsp3) is 0.429. The Morgan fingerprint density at radius 2 is 1.95 bits per heavy atom. The third-order valence-corrected chi connectivity index (χ3v) is 2.30. The van der Waals surface area contributed by atoms with E-state index in [1.807, 2.05) is 0 Å². The Hall–Kier alpha value is -2.44. The summed E-state index contributed by atoms with van der Waals surface area (Å²) in [6, 6.07) is 3.01. The molecule has 0 unspecified atom stereocenters. The van der Waals surface area contributed by atoms with Crippen LogP contribution in [0.15, 0.2) is 17.2 Å². The van der Waals surface area contributed by atoms with E-state index in [4.69, 9.17) is 14.2 Å². The van der Waals surface area contributed by atoms with Gasteiger partial charge in [-0.25, -0.2) is 10.2 Å². The summed E-state index contributed by atoms with van der Waals surface area (Å²) in [6.07, 6.45) is 0.572. The molecule has 0 atom stereocenters. The summed E-state index contributed by atoms with van der Waals surface area (Å²) in [4.78, 5) is 11.4. The lowest BCUT2D eigenvalue weighted by molar-refractivity contribution is 0.0529. The lowest BCUT2D eigenvalue weighted by atomic mass is 10.2. The summed E-state index contributed by atoms with van der Waals surface area (Å²) in [5, 5.41) is 13.6. The van der Waals surface area contributed by atoms with Gasteiger partial charge < -0.3 is 19.3 Å². The van der Waals surface area contributed by atoms with E-state index in [0.29, 0.717) is 17.1 Å². The Morgan fingerprint density at radius 1 is 1.29 bits per heavy atom. The van der Waals surface area contributed by atoms with Crippen LogP contribution >= 0.6 is 0 Å². The highest BCUT2D eigenvalue weighted by Crippen LogP contribution is 2.31. The number of hydrogen-bond donors (Lipinski definition) is 2. The first-order valence-electron chi connectivity index (χ1n) is 6.24. The van der Waals surface area contributed by atoms with Crippen LogP contribution in [0.1, 0.15) is 26.3 Å². The van der Waals surface area contributed by atoms with E-state index in [-0.39, 0.29) is 5.75 Å². The molecule has 0 saturated carbocycles. The molecule has 0 aliphatic carbocycles. The molecule has 0 bridgehead atoms. The highest BCUT2D eigenvalue weighted by atomic mass is 16.6. The highest BCUT2D eigenvalue weighted by molar-refractivity contribution is 5.88. The molecule has 1 amide bonds. The molecular formula is C14H20N2O5. The van der Waals surface area contributed by atoms with Gasteiger partial charge in [0, 0.05) is 12.1 Å². The molecule has 1 aromatic rings. The molecule has 0 aliphatic rings. The van der Waals surface area contributed by atoms with Crippen LogP contribution in [0.25, 0.3) is 0 Å². The van der Waals surface area contributed by atoms with Gasteiger partial charge >= 0.3 is 6.09 Å². The zero-order valence-corrected chi connectivity index (χ0v) is 12.8. The monoisotopic (exact) mass is 296 g/mol. The number of phenols is 1. The van der Waals surface area contributed by atoms with Crippen molar-refractivity contribution >= 4 is 12.3 Å². The molecule has 0 aromatic heterocycles. The van der Waals surface area contributed by atoms with E-state index < -0.39 is 11.7 Å². The second-order valence-corrected chi connectivity index (χ2v) is 5.13. The van der Waals surface area contributed by atoms with Gasteiger partial charge in [-0.05, 0) is 20.8 Å². The van der Waals surface area contributed by atoms with Gasteiger partial charge in [-0.1, -0.05) is 0 Å². The molecule has 0 saturated heterocycles. The van der Waals surface area contributed by atoms with Gasteiger partial charge in [0.1, 0.15) is 22.8 Å². The number of benzene rings is 1. The molecule has 1 rings (SSSR count). The molecule has 1 aromatic carbocycles. The summed E-state index contributed by atoms with van der Waals surface area (Å²) in [5.41, 5.74) is 1.91. The first-order valence-corrected chi connectivity index (χ1v) is 6.24. The van der Waals surface area contributed by atoms with Crippen molar-refractivity contribution in [1.82, 2.24) is 5.43 Å². The smallest absolute Gasteiger partial charge is 0.428 e. The number of ether oxygens (including phenoxy) is 3. The normalized spacial score (nSPS) is 11.3. The maximum atomic E-state index is 11.4. The molecular weight excluding hydrogens is 276 g/mol. The van der Waals surface area contributed by atoms with Crippen molar-refractivity contribution in [2.75, 3.05) is 14.2 Å². The van der Waals surface area contributed by atoms with Crippen molar-refractivity contribution in [3.63, 3.8) is 0 Å². The number of aromatic hydroxyl groups is 1. The minimum Gasteiger partial charge on any atom is -0.507 e. The molecule has 7 heteroatoms. The number of carbonyl (C=O) groups excluding carboxylic acids is 1. The van der Waals surface area contributed by atoms with E-state index in [9.17, 15) is 9.90 Å². The molecule has 0 fully saturated rings. The number of carbonyl (C=O) groups is 1. The van der Waals surface area contributed by atoms with Gasteiger partial charge in [0.2, 0.25) is 0 Å². The topological polar surface area (TPSA) is 89.4 Å². The number of amides is 1. The minimum absolute atomic E-state index is 0.0825. The number of hydrogen-bond acceptors (Lipinski definition) is 6. The van der Waals surface area contributed by atoms with Gasteiger partial charge in [0.15, 0.2) is 0 Å². The Kier molecular flexibility index (Phi) is 5.40. The number of methoxy groups -OCH3 is 2. The first-order chi connectivity index (χ1) is 9.76. The van der Waals surface area contributed by atoms with Crippen LogP contribution in [0.3, 0.4) is 0 Å². The molecule has 116 valence electrons. The molecule has 0 radical (unpaired) electrons. The first kappa shape index (κ1) is 16.6. The van der Waals surface area contributed by atoms with Crippen molar-refractivity contribution in [3.05, 3.63) is 17.7 Å². The van der Waals surface area contributed by atoms with E-state index in [1.54, 1.807) is 26.8 Å². The number of nitrogens with one attached hydrogen (secondary N) is 1. The van der Waals surface area contributed by atoms with E-state index in [0.717, 1.165) is 0 Å². The summed E-state index contributed by atoms with van der Waals surface area (Å²) in [7, 11) is 2.93. The number of nitrogens with zero attached hydrogens (tertiary/aromatic N) is 1. The Morgan fingerprint density at radius 3 is 2.48 bits per heavy atom.